The van der Waals surface area contributed by atoms with Gasteiger partial charge < -0.3 is 0 Å². The highest BCUT2D eigenvalue weighted by molar-refractivity contribution is 7.80. The highest BCUT2D eigenvalue weighted by Gasteiger charge is 2.16. The lowest BCUT2D eigenvalue weighted by Gasteiger charge is -2.10. The van der Waals surface area contributed by atoms with E-state index in [0.717, 1.165) is 33.1 Å². The summed E-state index contributed by atoms with van der Waals surface area (Å²) in [6.07, 6.45) is 1.79. The molecule has 0 amide bonds. The third kappa shape index (κ3) is 2.09. The average Bonchev–Trinajstić information content (AvgIpc) is 2.95. The van der Waals surface area contributed by atoms with Gasteiger partial charge in [0.15, 0.2) is 5.65 Å². The molecule has 2 aromatic carbocycles. The van der Waals surface area contributed by atoms with Crippen molar-refractivity contribution in [2.24, 2.45) is 0 Å². The van der Waals surface area contributed by atoms with Gasteiger partial charge in [-0.05, 0) is 30.3 Å². The molecule has 4 aromatic rings. The van der Waals surface area contributed by atoms with Crippen LogP contribution in [0, 0.1) is 0 Å². The van der Waals surface area contributed by atoms with Crippen LogP contribution in [0.1, 0.15) is 0 Å². The highest BCUT2D eigenvalue weighted by Crippen LogP contribution is 2.30. The minimum absolute atomic E-state index is 0.847. The molecule has 106 valence electrons. The van der Waals surface area contributed by atoms with E-state index >= 15 is 0 Å². The van der Waals surface area contributed by atoms with Crippen LogP contribution in [0.5, 0.6) is 0 Å². The molecule has 3 nitrogen and oxygen atoms in total. The molecule has 0 unspecified atom stereocenters. The Bertz CT molecular complexity index is 945. The van der Waals surface area contributed by atoms with Gasteiger partial charge in [-0.2, -0.15) is 0 Å². The molecular weight excluding hydrogens is 290 g/mol. The topological polar surface area (TPSA) is 30.7 Å². The lowest BCUT2D eigenvalue weighted by atomic mass is 10.2. The second-order valence-corrected chi connectivity index (χ2v) is 5.45. The Balaban J connectivity index is 2.09. The number of imidazole rings is 1. The van der Waals surface area contributed by atoms with Gasteiger partial charge >= 0.3 is 0 Å². The average molecular weight is 303 g/mol. The highest BCUT2D eigenvalue weighted by atomic mass is 32.1. The molecule has 0 radical (unpaired) electrons. The quantitative estimate of drug-likeness (QED) is 0.557. The SMILES string of the molecule is Sc1ccccc1-c1nc2cccnc2n1-c1ccccc1. The number of para-hydroxylation sites is 1. The van der Waals surface area contributed by atoms with Crippen LogP contribution >= 0.6 is 12.6 Å². The number of pyridine rings is 1. The van der Waals surface area contributed by atoms with Gasteiger partial charge in [-0.25, -0.2) is 9.97 Å². The number of aromatic nitrogens is 3. The van der Waals surface area contributed by atoms with E-state index in [-0.39, 0.29) is 0 Å². The lowest BCUT2D eigenvalue weighted by molar-refractivity contribution is 1.07. The predicted octanol–water partition coefficient (Wildman–Crippen LogP) is 4.38. The van der Waals surface area contributed by atoms with Gasteiger partial charge in [0.1, 0.15) is 11.3 Å². The molecule has 0 N–H and O–H groups in total. The van der Waals surface area contributed by atoms with Gasteiger partial charge in [0.2, 0.25) is 0 Å². The number of fused-ring (bicyclic) bond motifs is 1. The summed E-state index contributed by atoms with van der Waals surface area (Å²) in [6, 6.07) is 22.0. The summed E-state index contributed by atoms with van der Waals surface area (Å²) in [6.45, 7) is 0. The van der Waals surface area contributed by atoms with Gasteiger partial charge in [-0.15, -0.1) is 12.6 Å². The van der Waals surface area contributed by atoms with Crippen molar-refractivity contribution in [2.75, 3.05) is 0 Å². The molecule has 2 aromatic heterocycles. The number of rotatable bonds is 2. The largest absolute Gasteiger partial charge is 0.277 e. The number of benzene rings is 2. The number of hydrogen-bond donors (Lipinski definition) is 1. The zero-order chi connectivity index (χ0) is 14.9. The lowest BCUT2D eigenvalue weighted by Crippen LogP contribution is -1.98. The Hall–Kier alpha value is -2.59. The Labute approximate surface area is 133 Å². The van der Waals surface area contributed by atoms with Crippen LogP contribution in [0.4, 0.5) is 0 Å². The summed E-state index contributed by atoms with van der Waals surface area (Å²) in [5.41, 5.74) is 3.75. The van der Waals surface area contributed by atoms with Crippen LogP contribution in [0.25, 0.3) is 28.2 Å². The molecule has 0 spiro atoms. The molecule has 0 saturated carbocycles. The van der Waals surface area contributed by atoms with Crippen LogP contribution in [-0.4, -0.2) is 14.5 Å². The van der Waals surface area contributed by atoms with Crippen LogP contribution in [0.2, 0.25) is 0 Å². The second-order valence-electron chi connectivity index (χ2n) is 4.97. The number of thiol groups is 1. The Morgan fingerprint density at radius 1 is 0.818 bits per heavy atom. The Kier molecular flexibility index (Phi) is 3.16. The maximum absolute atomic E-state index is 4.77. The van der Waals surface area contributed by atoms with Crippen molar-refractivity contribution in [3.05, 3.63) is 72.9 Å². The summed E-state index contributed by atoms with van der Waals surface area (Å²) in [7, 11) is 0. The van der Waals surface area contributed by atoms with Gasteiger partial charge in [-0.3, -0.25) is 4.57 Å². The van der Waals surface area contributed by atoms with Gasteiger partial charge in [0.25, 0.3) is 0 Å². The predicted molar refractivity (Wildman–Crippen MR) is 91.6 cm³/mol. The Morgan fingerprint density at radius 3 is 2.41 bits per heavy atom. The smallest absolute Gasteiger partial charge is 0.164 e. The third-order valence-corrected chi connectivity index (χ3v) is 3.97. The van der Waals surface area contributed by atoms with E-state index in [9.17, 15) is 0 Å². The first-order valence-electron chi connectivity index (χ1n) is 7.02. The Morgan fingerprint density at radius 2 is 1.59 bits per heavy atom. The van der Waals surface area contributed by atoms with E-state index in [1.807, 2.05) is 54.6 Å². The first-order valence-corrected chi connectivity index (χ1v) is 7.46. The van der Waals surface area contributed by atoms with Crippen molar-refractivity contribution < 1.29 is 0 Å². The summed E-state index contributed by atoms with van der Waals surface area (Å²) < 4.78 is 2.07. The van der Waals surface area contributed by atoms with Gasteiger partial charge in [0.05, 0.1) is 0 Å². The van der Waals surface area contributed by atoms with Gasteiger partial charge in [-0.1, -0.05) is 36.4 Å². The first-order chi connectivity index (χ1) is 10.8. The zero-order valence-electron chi connectivity index (χ0n) is 11.7. The molecule has 2 heterocycles. The second kappa shape index (κ2) is 5.31. The standard InChI is InChI=1S/C18H13N3S/c22-16-11-5-4-9-14(16)17-20-15-10-6-12-19-18(15)21(17)13-7-2-1-3-8-13/h1-12,22H. The minimum atomic E-state index is 0.847. The maximum Gasteiger partial charge on any atom is 0.164 e. The van der Waals surface area contributed by atoms with Crippen LogP contribution in [0.15, 0.2) is 77.8 Å². The molecule has 22 heavy (non-hydrogen) atoms. The van der Waals surface area contributed by atoms with E-state index in [0.29, 0.717) is 0 Å². The minimum Gasteiger partial charge on any atom is -0.277 e. The summed E-state index contributed by atoms with van der Waals surface area (Å²) in [5.74, 6) is 0.852. The fourth-order valence-electron chi connectivity index (χ4n) is 2.58. The van der Waals surface area contributed by atoms with E-state index in [2.05, 4.69) is 34.3 Å². The molecule has 0 aliphatic carbocycles. The summed E-state index contributed by atoms with van der Waals surface area (Å²) in [5, 5.41) is 0. The molecule has 0 bridgehead atoms. The molecule has 0 saturated heterocycles. The van der Waals surface area contributed by atoms with Crippen molar-refractivity contribution in [2.45, 2.75) is 4.90 Å². The van der Waals surface area contributed by atoms with Crippen LogP contribution in [0.3, 0.4) is 0 Å². The van der Waals surface area contributed by atoms with Crippen molar-refractivity contribution in [3.8, 4) is 17.1 Å². The fraction of sp³-hybridized carbons (Fsp3) is 0. The maximum atomic E-state index is 4.77. The van der Waals surface area contributed by atoms with E-state index < -0.39 is 0 Å². The molecule has 0 aliphatic rings. The zero-order valence-corrected chi connectivity index (χ0v) is 12.6. The van der Waals surface area contributed by atoms with Crippen molar-refractivity contribution in [1.29, 1.82) is 0 Å². The summed E-state index contributed by atoms with van der Waals surface area (Å²) in [4.78, 5) is 10.2. The molecular formula is C18H13N3S. The molecule has 0 aliphatic heterocycles. The van der Waals surface area contributed by atoms with E-state index in [1.54, 1.807) is 6.20 Å². The van der Waals surface area contributed by atoms with Crippen LogP contribution in [-0.2, 0) is 0 Å². The number of nitrogens with zero attached hydrogens (tertiary/aromatic N) is 3. The van der Waals surface area contributed by atoms with Crippen LogP contribution < -0.4 is 0 Å². The molecule has 0 atom stereocenters. The van der Waals surface area contributed by atoms with E-state index in [1.165, 1.54) is 0 Å². The fourth-order valence-corrected chi connectivity index (χ4v) is 2.84. The third-order valence-electron chi connectivity index (χ3n) is 3.58. The van der Waals surface area contributed by atoms with Crippen molar-refractivity contribution in [3.63, 3.8) is 0 Å². The summed E-state index contributed by atoms with van der Waals surface area (Å²) >= 11 is 4.58. The molecule has 4 rings (SSSR count). The van der Waals surface area contributed by atoms with Crippen molar-refractivity contribution in [1.82, 2.24) is 14.5 Å². The molecule has 0 fully saturated rings. The van der Waals surface area contributed by atoms with E-state index in [4.69, 9.17) is 4.98 Å². The van der Waals surface area contributed by atoms with Crippen molar-refractivity contribution >= 4 is 23.8 Å². The number of hydrogen-bond acceptors (Lipinski definition) is 3. The first kappa shape index (κ1) is 13.1. The monoisotopic (exact) mass is 303 g/mol. The normalized spacial score (nSPS) is 11.0. The molecule has 4 heteroatoms. The van der Waals surface area contributed by atoms with Gasteiger partial charge in [0, 0.05) is 22.3 Å².